The predicted molar refractivity (Wildman–Crippen MR) is 230 cm³/mol. The summed E-state index contributed by atoms with van der Waals surface area (Å²) < 4.78 is 11.8. The Kier molecular flexibility index (Phi) is 6.58. The van der Waals surface area contributed by atoms with Crippen LogP contribution < -0.4 is 0 Å². The van der Waals surface area contributed by atoms with Gasteiger partial charge in [0.25, 0.3) is 0 Å². The Morgan fingerprint density at radius 1 is 0.455 bits per heavy atom. The van der Waals surface area contributed by atoms with Crippen molar-refractivity contribution < 1.29 is 4.42 Å². The van der Waals surface area contributed by atoms with Crippen LogP contribution >= 0.6 is 0 Å². The van der Waals surface area contributed by atoms with E-state index < -0.39 is 0 Å². The normalized spacial score (nSPS) is 13.7. The van der Waals surface area contributed by atoms with Crippen LogP contribution in [0.3, 0.4) is 0 Å². The van der Waals surface area contributed by atoms with Gasteiger partial charge in [0.1, 0.15) is 5.58 Å². The molecule has 55 heavy (non-hydrogen) atoms. The first kappa shape index (κ1) is 30.6. The molecule has 3 heterocycles. The molecule has 260 valence electrons. The number of rotatable bonds is 4. The Hall–Kier alpha value is -6.84. The van der Waals surface area contributed by atoms with Crippen molar-refractivity contribution in [1.29, 1.82) is 0 Å². The minimum Gasteiger partial charge on any atom is -0.454 e. The predicted octanol–water partition coefficient (Wildman–Crippen LogP) is 13.9. The van der Waals surface area contributed by atoms with Crippen LogP contribution in [0.2, 0.25) is 0 Å². The van der Waals surface area contributed by atoms with Crippen LogP contribution in [0.5, 0.6) is 0 Å². The molecule has 0 amide bonds. The maximum Gasteiger partial charge on any atom is 0.159 e. The van der Waals surface area contributed by atoms with Gasteiger partial charge < -0.3 is 13.6 Å². The molecular weight excluding hydrogens is 669 g/mol. The zero-order valence-corrected chi connectivity index (χ0v) is 30.3. The van der Waals surface area contributed by atoms with E-state index in [4.69, 9.17) is 4.42 Å². The number of hydrogen-bond acceptors (Lipinski definition) is 1. The Balaban J connectivity index is 1.08. The van der Waals surface area contributed by atoms with Gasteiger partial charge in [0, 0.05) is 49.7 Å². The third kappa shape index (κ3) is 4.56. The van der Waals surface area contributed by atoms with E-state index in [1.165, 1.54) is 83.0 Å². The van der Waals surface area contributed by atoms with Crippen molar-refractivity contribution in [2.45, 2.75) is 25.7 Å². The van der Waals surface area contributed by atoms with Crippen LogP contribution in [0.4, 0.5) is 0 Å². The lowest BCUT2D eigenvalue weighted by Crippen LogP contribution is -2.03. The lowest BCUT2D eigenvalue weighted by Gasteiger charge is -2.16. The summed E-state index contributed by atoms with van der Waals surface area (Å²) in [7, 11) is 0. The number of benzene rings is 7. The summed E-state index contributed by atoms with van der Waals surface area (Å²) >= 11 is 0. The van der Waals surface area contributed by atoms with Gasteiger partial charge >= 0.3 is 0 Å². The summed E-state index contributed by atoms with van der Waals surface area (Å²) in [5.74, 6) is 0. The van der Waals surface area contributed by atoms with E-state index in [2.05, 4.69) is 179 Å². The zero-order chi connectivity index (χ0) is 36.0. The number of furan rings is 1. The average molecular weight is 705 g/mol. The molecule has 2 aliphatic rings. The molecule has 0 saturated carbocycles. The quantitative estimate of drug-likeness (QED) is 0.179. The lowest BCUT2D eigenvalue weighted by molar-refractivity contribution is 0.665. The van der Waals surface area contributed by atoms with Crippen LogP contribution in [0.25, 0.3) is 100 Å². The number of para-hydroxylation sites is 2. The highest BCUT2D eigenvalue weighted by Crippen LogP contribution is 2.44. The molecule has 10 aromatic rings. The van der Waals surface area contributed by atoms with Crippen molar-refractivity contribution in [3.63, 3.8) is 0 Å². The molecular formula is C52H36N2O. The maximum atomic E-state index is 6.79. The minimum atomic E-state index is 0.912. The second-order valence-corrected chi connectivity index (χ2v) is 15.1. The van der Waals surface area contributed by atoms with Crippen molar-refractivity contribution in [2.24, 2.45) is 0 Å². The van der Waals surface area contributed by atoms with Crippen LogP contribution in [-0.4, -0.2) is 9.13 Å². The molecule has 0 bridgehead atoms. The summed E-state index contributed by atoms with van der Waals surface area (Å²) in [6.07, 6.45) is 13.4. The monoisotopic (exact) mass is 704 g/mol. The highest BCUT2D eigenvalue weighted by Gasteiger charge is 2.24. The van der Waals surface area contributed by atoms with Crippen LogP contribution in [0, 0.1) is 0 Å². The summed E-state index contributed by atoms with van der Waals surface area (Å²) in [6, 6.07) is 53.4. The molecule has 0 unspecified atom stereocenters. The van der Waals surface area contributed by atoms with Gasteiger partial charge in [-0.1, -0.05) is 115 Å². The van der Waals surface area contributed by atoms with Gasteiger partial charge in [-0.25, -0.2) is 0 Å². The molecule has 3 nitrogen and oxygen atoms in total. The van der Waals surface area contributed by atoms with E-state index in [1.54, 1.807) is 0 Å². The highest BCUT2D eigenvalue weighted by atomic mass is 16.3. The number of nitrogens with zero attached hydrogens (tertiary/aromatic N) is 2. The summed E-state index contributed by atoms with van der Waals surface area (Å²) in [5, 5.41) is 7.36. The number of hydrogen-bond donors (Lipinski definition) is 0. The Labute approximate surface area is 318 Å². The maximum absolute atomic E-state index is 6.79. The third-order valence-electron chi connectivity index (χ3n) is 12.0. The van der Waals surface area contributed by atoms with Crippen molar-refractivity contribution >= 4 is 66.7 Å². The van der Waals surface area contributed by atoms with Crippen molar-refractivity contribution in [3.8, 4) is 33.6 Å². The van der Waals surface area contributed by atoms with E-state index in [0.717, 1.165) is 53.3 Å². The number of aromatic nitrogens is 2. The highest BCUT2D eigenvalue weighted by molar-refractivity contribution is 6.11. The Morgan fingerprint density at radius 2 is 1.07 bits per heavy atom. The molecule has 0 spiro atoms. The molecule has 3 aromatic heterocycles. The van der Waals surface area contributed by atoms with E-state index in [1.807, 2.05) is 0 Å². The fraction of sp³-hybridized carbons (Fsp3) is 0.0769. The van der Waals surface area contributed by atoms with Gasteiger partial charge in [-0.3, -0.25) is 0 Å². The first-order valence-electron chi connectivity index (χ1n) is 19.5. The molecule has 0 fully saturated rings. The molecule has 2 aliphatic carbocycles. The Bertz CT molecular complexity index is 3250. The van der Waals surface area contributed by atoms with Crippen molar-refractivity contribution in [2.75, 3.05) is 0 Å². The molecule has 12 rings (SSSR count). The second kappa shape index (κ2) is 11.8. The summed E-state index contributed by atoms with van der Waals surface area (Å²) in [5.41, 5.74) is 16.9. The largest absolute Gasteiger partial charge is 0.454 e. The summed E-state index contributed by atoms with van der Waals surface area (Å²) in [6.45, 7) is 0. The first-order valence-corrected chi connectivity index (χ1v) is 19.5. The number of allylic oxidation sites excluding steroid dienone is 2. The molecule has 0 aliphatic heterocycles. The topological polar surface area (TPSA) is 23.0 Å². The fourth-order valence-corrected chi connectivity index (χ4v) is 9.56. The molecule has 3 heteroatoms. The van der Waals surface area contributed by atoms with E-state index in [-0.39, 0.29) is 0 Å². The third-order valence-corrected chi connectivity index (χ3v) is 12.0. The van der Waals surface area contributed by atoms with Crippen LogP contribution in [-0.2, 0) is 12.8 Å². The SMILES string of the molecule is C1=Cc2c(n(-c3ccccc3)c3ccc(-c4ccc5c(c4)c4c(n5-c5cc(-c6cccc7ccccc67)cc6c5oc5ccccc56)CCC=C4)cc23)CC1. The van der Waals surface area contributed by atoms with Gasteiger partial charge in [-0.05, 0) is 113 Å². The molecule has 0 N–H and O–H groups in total. The molecule has 7 aromatic carbocycles. The van der Waals surface area contributed by atoms with Gasteiger partial charge in [0.05, 0.1) is 16.7 Å². The van der Waals surface area contributed by atoms with Crippen molar-refractivity contribution in [1.82, 2.24) is 9.13 Å². The van der Waals surface area contributed by atoms with Gasteiger partial charge in [0.15, 0.2) is 5.58 Å². The van der Waals surface area contributed by atoms with Gasteiger partial charge in [-0.2, -0.15) is 0 Å². The molecule has 0 atom stereocenters. The Morgan fingerprint density at radius 3 is 1.84 bits per heavy atom. The minimum absolute atomic E-state index is 0.912. The standard InChI is InChI=1S/C52H36N2O/c1-2-15-37(16-3-1)53-46-22-9-6-18-40(46)43-29-34(25-27-48(43)53)35-26-28-49-44(30-35)41-19-7-10-23-47(41)54(49)50-32-36(39-21-12-14-33-13-4-5-17-38(33)39)31-45-42-20-8-11-24-51(42)55-52(45)50/h1-8,11-21,24-32H,9-10,22-23H2. The van der Waals surface area contributed by atoms with E-state index in [0.29, 0.717) is 0 Å². The fourth-order valence-electron chi connectivity index (χ4n) is 9.56. The van der Waals surface area contributed by atoms with E-state index >= 15 is 0 Å². The summed E-state index contributed by atoms with van der Waals surface area (Å²) in [4.78, 5) is 0. The van der Waals surface area contributed by atoms with Crippen molar-refractivity contribution in [3.05, 3.63) is 180 Å². The van der Waals surface area contributed by atoms with Gasteiger partial charge in [-0.15, -0.1) is 0 Å². The smallest absolute Gasteiger partial charge is 0.159 e. The average Bonchev–Trinajstić information content (AvgIpc) is 3.91. The second-order valence-electron chi connectivity index (χ2n) is 15.1. The lowest BCUT2D eigenvalue weighted by atomic mass is 9.96. The van der Waals surface area contributed by atoms with Crippen LogP contribution in [0.15, 0.2) is 162 Å². The van der Waals surface area contributed by atoms with E-state index in [9.17, 15) is 0 Å². The first-order chi connectivity index (χ1) is 27.3. The molecule has 0 radical (unpaired) electrons. The van der Waals surface area contributed by atoms with Crippen LogP contribution in [0.1, 0.15) is 35.4 Å². The zero-order valence-electron chi connectivity index (χ0n) is 30.3. The molecule has 0 saturated heterocycles. The van der Waals surface area contributed by atoms with Gasteiger partial charge in [0.2, 0.25) is 0 Å². The number of fused-ring (bicyclic) bond motifs is 10.